The molecule has 3 atom stereocenters. The highest BCUT2D eigenvalue weighted by Gasteiger charge is 2.51. The van der Waals surface area contributed by atoms with Crippen LogP contribution in [0.25, 0.3) is 0 Å². The lowest BCUT2D eigenvalue weighted by Gasteiger charge is -2.40. The molecule has 0 aromatic heterocycles. The second kappa shape index (κ2) is 5.37. The van der Waals surface area contributed by atoms with Crippen molar-refractivity contribution in [2.24, 2.45) is 0 Å². The van der Waals surface area contributed by atoms with Gasteiger partial charge in [-0.3, -0.25) is 4.79 Å². The van der Waals surface area contributed by atoms with Gasteiger partial charge in [-0.25, -0.2) is 8.42 Å². The Bertz CT molecular complexity index is 554. The Morgan fingerprint density at radius 1 is 1.43 bits per heavy atom. The van der Waals surface area contributed by atoms with Crippen LogP contribution in [0, 0.1) is 0 Å². The van der Waals surface area contributed by atoms with Crippen LogP contribution in [-0.2, 0) is 19.6 Å². The number of hydrogen-bond acceptors (Lipinski definition) is 5. The first-order valence-corrected chi connectivity index (χ1v) is 8.56. The van der Waals surface area contributed by atoms with Crippen LogP contribution in [0.2, 0.25) is 0 Å². The monoisotopic (exact) mass is 317 g/mol. The Morgan fingerprint density at radius 2 is 2.10 bits per heavy atom. The van der Waals surface area contributed by atoms with E-state index in [-0.39, 0.29) is 6.42 Å². The zero-order valence-corrected chi connectivity index (χ0v) is 13.5. The van der Waals surface area contributed by atoms with Crippen LogP contribution in [0.15, 0.2) is 12.2 Å². The Hall–Kier alpha value is -0.920. The van der Waals surface area contributed by atoms with E-state index < -0.39 is 32.4 Å². The van der Waals surface area contributed by atoms with E-state index in [1.54, 1.807) is 26.0 Å². The molecule has 0 radical (unpaired) electrons. The molecule has 1 fully saturated rings. The van der Waals surface area contributed by atoms with Gasteiger partial charge in [-0.05, 0) is 33.1 Å². The highest BCUT2D eigenvalue weighted by atomic mass is 32.2. The molecule has 1 heterocycles. The zero-order chi connectivity index (χ0) is 15.9. The van der Waals surface area contributed by atoms with Gasteiger partial charge >= 0.3 is 5.97 Å². The maximum Gasteiger partial charge on any atom is 0.324 e. The Labute approximate surface area is 125 Å². The number of carbonyl (C=O) groups excluding carboxylic acids is 1. The summed E-state index contributed by atoms with van der Waals surface area (Å²) < 4.78 is 30.7. The Morgan fingerprint density at radius 3 is 2.67 bits per heavy atom. The van der Waals surface area contributed by atoms with Gasteiger partial charge in [0.25, 0.3) is 0 Å². The fraction of sp³-hybridized carbons (Fsp3) is 0.786. The van der Waals surface area contributed by atoms with Crippen LogP contribution >= 0.6 is 0 Å². The van der Waals surface area contributed by atoms with E-state index in [1.165, 1.54) is 11.4 Å². The standard InChI is InChI=1S/C14H23NO5S/c1-13(17)7-5-8-14(2,10-13)21(18,19)15-9-4-6-11(15)12(16)20-3/h5,8,11,17H,4,6-7,9-10H2,1-3H3. The first kappa shape index (κ1) is 16.5. The SMILES string of the molecule is COC(=O)C1CCCN1S(=O)(=O)C1(C)C=CCC(C)(O)C1. The minimum absolute atomic E-state index is 0.114. The number of aliphatic hydroxyl groups is 1. The van der Waals surface area contributed by atoms with Gasteiger partial charge in [-0.1, -0.05) is 12.2 Å². The van der Waals surface area contributed by atoms with Gasteiger partial charge in [0.2, 0.25) is 10.0 Å². The van der Waals surface area contributed by atoms with Crippen molar-refractivity contribution < 1.29 is 23.1 Å². The summed E-state index contributed by atoms with van der Waals surface area (Å²) in [5.41, 5.74) is -1.06. The van der Waals surface area contributed by atoms with Gasteiger partial charge in [0.15, 0.2) is 0 Å². The highest BCUT2D eigenvalue weighted by Crippen LogP contribution is 2.39. The number of hydrogen-bond donors (Lipinski definition) is 1. The minimum atomic E-state index is -3.75. The second-order valence-electron chi connectivity index (χ2n) is 6.39. The van der Waals surface area contributed by atoms with Gasteiger partial charge in [0.05, 0.1) is 12.7 Å². The third kappa shape index (κ3) is 2.86. The average Bonchev–Trinajstić information content (AvgIpc) is 2.85. The van der Waals surface area contributed by atoms with Crippen LogP contribution < -0.4 is 0 Å². The fourth-order valence-electron chi connectivity index (χ4n) is 3.29. The molecule has 0 bridgehead atoms. The van der Waals surface area contributed by atoms with Crippen molar-refractivity contribution in [2.75, 3.05) is 13.7 Å². The van der Waals surface area contributed by atoms with Crippen LogP contribution in [-0.4, -0.2) is 53.8 Å². The van der Waals surface area contributed by atoms with Crippen molar-refractivity contribution >= 4 is 16.0 Å². The molecular formula is C14H23NO5S. The summed E-state index contributed by atoms with van der Waals surface area (Å²) in [6, 6.07) is -0.753. The molecule has 120 valence electrons. The molecule has 1 aliphatic heterocycles. The molecule has 2 aliphatic rings. The van der Waals surface area contributed by atoms with Crippen LogP contribution in [0.3, 0.4) is 0 Å². The van der Waals surface area contributed by atoms with Crippen molar-refractivity contribution in [1.82, 2.24) is 4.31 Å². The van der Waals surface area contributed by atoms with Crippen molar-refractivity contribution in [1.29, 1.82) is 0 Å². The molecule has 1 saturated heterocycles. The number of rotatable bonds is 3. The molecule has 0 aromatic rings. The molecular weight excluding hydrogens is 294 g/mol. The van der Waals surface area contributed by atoms with E-state index in [9.17, 15) is 18.3 Å². The summed E-state index contributed by atoms with van der Waals surface area (Å²) in [5, 5.41) is 10.2. The van der Waals surface area contributed by atoms with Crippen molar-refractivity contribution in [3.05, 3.63) is 12.2 Å². The van der Waals surface area contributed by atoms with Crippen LogP contribution in [0.1, 0.15) is 39.5 Å². The quantitative estimate of drug-likeness (QED) is 0.615. The van der Waals surface area contributed by atoms with Crippen molar-refractivity contribution in [3.63, 3.8) is 0 Å². The van der Waals surface area contributed by atoms with E-state index in [1.807, 2.05) is 0 Å². The number of carbonyl (C=O) groups is 1. The molecule has 3 unspecified atom stereocenters. The minimum Gasteiger partial charge on any atom is -0.468 e. The summed E-state index contributed by atoms with van der Waals surface area (Å²) in [5.74, 6) is -0.522. The van der Waals surface area contributed by atoms with Gasteiger partial charge in [-0.2, -0.15) is 4.31 Å². The van der Waals surface area contributed by atoms with E-state index in [2.05, 4.69) is 0 Å². The van der Waals surface area contributed by atoms with Crippen molar-refractivity contribution in [3.8, 4) is 0 Å². The third-order valence-corrected chi connectivity index (χ3v) is 6.85. The Balaban J connectivity index is 2.35. The maximum atomic E-state index is 13.0. The molecule has 1 aliphatic carbocycles. The van der Waals surface area contributed by atoms with Crippen LogP contribution in [0.5, 0.6) is 0 Å². The number of ether oxygens (including phenoxy) is 1. The largest absolute Gasteiger partial charge is 0.468 e. The van der Waals surface area contributed by atoms with Gasteiger partial charge in [0.1, 0.15) is 10.8 Å². The average molecular weight is 317 g/mol. The molecule has 2 rings (SSSR count). The maximum absolute atomic E-state index is 13.0. The molecule has 0 saturated carbocycles. The van der Waals surface area contributed by atoms with E-state index >= 15 is 0 Å². The normalized spacial score (nSPS) is 37.6. The summed E-state index contributed by atoms with van der Waals surface area (Å²) in [6.45, 7) is 3.54. The van der Waals surface area contributed by atoms with Crippen molar-refractivity contribution in [2.45, 2.75) is 55.9 Å². The second-order valence-corrected chi connectivity index (χ2v) is 8.74. The zero-order valence-electron chi connectivity index (χ0n) is 12.7. The lowest BCUT2D eigenvalue weighted by atomic mass is 9.84. The highest BCUT2D eigenvalue weighted by molar-refractivity contribution is 7.90. The van der Waals surface area contributed by atoms with Gasteiger partial charge in [-0.15, -0.1) is 0 Å². The smallest absolute Gasteiger partial charge is 0.324 e. The van der Waals surface area contributed by atoms with Crippen LogP contribution in [0.4, 0.5) is 0 Å². The summed E-state index contributed by atoms with van der Waals surface area (Å²) in [4.78, 5) is 11.8. The van der Waals surface area contributed by atoms with Gasteiger partial charge < -0.3 is 9.84 Å². The number of methoxy groups -OCH3 is 1. The predicted molar refractivity (Wildman–Crippen MR) is 78.1 cm³/mol. The molecule has 0 amide bonds. The summed E-state index contributed by atoms with van der Waals surface area (Å²) >= 11 is 0. The first-order chi connectivity index (χ1) is 9.63. The number of nitrogens with zero attached hydrogens (tertiary/aromatic N) is 1. The Kier molecular flexibility index (Phi) is 4.21. The predicted octanol–water partition coefficient (Wildman–Crippen LogP) is 0.813. The summed E-state index contributed by atoms with van der Waals surface area (Å²) in [6.07, 6.45) is 4.98. The van der Waals surface area contributed by atoms with E-state index in [0.717, 1.165) is 0 Å². The topological polar surface area (TPSA) is 83.9 Å². The lowest BCUT2D eigenvalue weighted by Crippen LogP contribution is -2.53. The first-order valence-electron chi connectivity index (χ1n) is 7.12. The number of sulfonamides is 1. The molecule has 21 heavy (non-hydrogen) atoms. The molecule has 1 N–H and O–H groups in total. The third-order valence-electron chi connectivity index (χ3n) is 4.33. The molecule has 0 spiro atoms. The van der Waals surface area contributed by atoms with Gasteiger partial charge in [0, 0.05) is 13.0 Å². The summed E-state index contributed by atoms with van der Waals surface area (Å²) in [7, 11) is -2.49. The molecule has 0 aromatic carbocycles. The number of esters is 1. The fourth-order valence-corrected chi connectivity index (χ4v) is 5.49. The molecule has 7 heteroatoms. The molecule has 6 nitrogen and oxygen atoms in total. The van der Waals surface area contributed by atoms with E-state index in [0.29, 0.717) is 25.8 Å². The lowest BCUT2D eigenvalue weighted by molar-refractivity contribution is -0.144. The van der Waals surface area contributed by atoms with E-state index in [4.69, 9.17) is 4.74 Å².